The van der Waals surface area contributed by atoms with Gasteiger partial charge in [-0.1, -0.05) is 109 Å². The van der Waals surface area contributed by atoms with Crippen molar-refractivity contribution in [1.82, 2.24) is 13.7 Å². The molecule has 0 N–H and O–H groups in total. The Balaban J connectivity index is 1.09. The minimum absolute atomic E-state index is 0.589. The van der Waals surface area contributed by atoms with Crippen molar-refractivity contribution in [3.8, 4) is 34.3 Å². The molecular formula is C50H29N5. The third-order valence-corrected chi connectivity index (χ3v) is 11.1. The molecule has 5 nitrogen and oxygen atoms in total. The fourth-order valence-electron chi connectivity index (χ4n) is 8.69. The highest BCUT2D eigenvalue weighted by molar-refractivity contribution is 6.13. The third kappa shape index (κ3) is 4.51. The molecule has 8 aromatic carbocycles. The second-order valence-electron chi connectivity index (χ2n) is 14.0. The van der Waals surface area contributed by atoms with E-state index in [1.54, 1.807) is 0 Å². The topological polar surface area (TPSA) is 42.9 Å². The molecule has 0 saturated heterocycles. The van der Waals surface area contributed by atoms with Crippen LogP contribution in [-0.4, -0.2) is 13.7 Å². The molecule has 0 aliphatic rings. The highest BCUT2D eigenvalue weighted by atomic mass is 15.0. The van der Waals surface area contributed by atoms with Gasteiger partial charge in [-0.2, -0.15) is 5.26 Å². The van der Waals surface area contributed by atoms with Crippen LogP contribution < -0.4 is 0 Å². The van der Waals surface area contributed by atoms with Crippen LogP contribution in [0.5, 0.6) is 0 Å². The molecule has 0 atom stereocenters. The van der Waals surface area contributed by atoms with Gasteiger partial charge >= 0.3 is 0 Å². The van der Waals surface area contributed by atoms with E-state index in [0.29, 0.717) is 11.3 Å². The molecule has 0 bridgehead atoms. The number of rotatable bonds is 4. The first-order chi connectivity index (χ1) is 27.2. The van der Waals surface area contributed by atoms with Crippen molar-refractivity contribution in [3.63, 3.8) is 0 Å². The summed E-state index contributed by atoms with van der Waals surface area (Å²) in [6, 6.07) is 63.7. The lowest BCUT2D eigenvalue weighted by Gasteiger charge is -2.14. The molecule has 254 valence electrons. The summed E-state index contributed by atoms with van der Waals surface area (Å²) >= 11 is 0. The average Bonchev–Trinajstić information content (AvgIpc) is 3.88. The molecule has 0 aliphatic carbocycles. The van der Waals surface area contributed by atoms with Gasteiger partial charge in [-0.25, -0.2) is 4.85 Å². The Morgan fingerprint density at radius 2 is 0.891 bits per heavy atom. The number of nitrogens with zero attached hydrogens (tertiary/aromatic N) is 5. The maximum Gasteiger partial charge on any atom is 0.189 e. The lowest BCUT2D eigenvalue weighted by atomic mass is 10.0. The summed E-state index contributed by atoms with van der Waals surface area (Å²) in [7, 11) is 0. The van der Waals surface area contributed by atoms with E-state index in [2.05, 4.69) is 176 Å². The Morgan fingerprint density at radius 1 is 0.400 bits per heavy atom. The Kier molecular flexibility index (Phi) is 6.61. The minimum Gasteiger partial charge on any atom is -0.310 e. The SMILES string of the molecule is [C-]#[N+]c1ccc2c3ccccc3n(-c3cccc(-c4ccc(-n5c6ccccc6c6ccc(-n7c8ccccc8c8ccccc87)cc65)c(C#N)c4)c3)c2c1. The van der Waals surface area contributed by atoms with Crippen LogP contribution in [0.1, 0.15) is 5.56 Å². The number of aromatic nitrogens is 3. The molecule has 3 aromatic heterocycles. The zero-order valence-electron chi connectivity index (χ0n) is 29.5. The summed E-state index contributed by atoms with van der Waals surface area (Å²) in [5, 5.41) is 17.7. The van der Waals surface area contributed by atoms with Crippen molar-refractivity contribution in [2.24, 2.45) is 0 Å². The van der Waals surface area contributed by atoms with E-state index in [9.17, 15) is 5.26 Å². The lowest BCUT2D eigenvalue weighted by molar-refractivity contribution is 1.15. The van der Waals surface area contributed by atoms with Gasteiger partial charge in [0.2, 0.25) is 0 Å². The molecular weight excluding hydrogens is 671 g/mol. The van der Waals surface area contributed by atoms with Gasteiger partial charge in [0.05, 0.1) is 45.4 Å². The van der Waals surface area contributed by atoms with E-state index in [4.69, 9.17) is 6.57 Å². The number of para-hydroxylation sites is 4. The van der Waals surface area contributed by atoms with Gasteiger partial charge in [0.15, 0.2) is 5.69 Å². The standard InChI is InChI=1S/C50H29N5/c1-52-35-22-24-42-40-15-4-8-19-47(40)54(49(42)29-35)36-12-10-11-32(28-36)33-21-26-44(34(27-33)31-51)55-48-20-9-5-16-41(48)43-25-23-37(30-50(43)55)53-45-17-6-2-13-38(45)39-14-3-7-18-46(39)53/h2-30H. The van der Waals surface area contributed by atoms with Crippen LogP contribution in [0.25, 0.3) is 98.5 Å². The van der Waals surface area contributed by atoms with Crippen molar-refractivity contribution in [2.45, 2.75) is 0 Å². The zero-order chi connectivity index (χ0) is 36.6. The van der Waals surface area contributed by atoms with Crippen LogP contribution in [0.3, 0.4) is 0 Å². The summed E-state index contributed by atoms with van der Waals surface area (Å²) in [4.78, 5) is 3.72. The van der Waals surface area contributed by atoms with E-state index < -0.39 is 0 Å². The quantitative estimate of drug-likeness (QED) is 0.169. The molecule has 0 amide bonds. The molecule has 55 heavy (non-hydrogen) atoms. The largest absolute Gasteiger partial charge is 0.310 e. The predicted octanol–water partition coefficient (Wildman–Crippen LogP) is 13.1. The Hall–Kier alpha value is -7.86. The number of benzene rings is 8. The number of hydrogen-bond acceptors (Lipinski definition) is 1. The van der Waals surface area contributed by atoms with Crippen molar-refractivity contribution in [3.05, 3.63) is 193 Å². The monoisotopic (exact) mass is 699 g/mol. The van der Waals surface area contributed by atoms with Gasteiger partial charge in [0.1, 0.15) is 6.07 Å². The maximum absolute atomic E-state index is 10.8. The van der Waals surface area contributed by atoms with Gasteiger partial charge in [-0.05, 0) is 77.9 Å². The van der Waals surface area contributed by atoms with Gasteiger partial charge in [0, 0.05) is 49.2 Å². The van der Waals surface area contributed by atoms with E-state index in [-0.39, 0.29) is 0 Å². The van der Waals surface area contributed by atoms with Crippen molar-refractivity contribution < 1.29 is 0 Å². The van der Waals surface area contributed by atoms with Crippen molar-refractivity contribution >= 4 is 71.1 Å². The second-order valence-corrected chi connectivity index (χ2v) is 14.0. The highest BCUT2D eigenvalue weighted by Crippen LogP contribution is 2.39. The van der Waals surface area contributed by atoms with E-state index in [1.807, 2.05) is 24.3 Å². The molecule has 0 aliphatic heterocycles. The van der Waals surface area contributed by atoms with Crippen LogP contribution in [-0.2, 0) is 0 Å². The molecule has 5 heteroatoms. The average molecular weight is 700 g/mol. The Morgan fingerprint density at radius 3 is 1.49 bits per heavy atom. The summed E-state index contributed by atoms with van der Waals surface area (Å²) in [5.74, 6) is 0. The van der Waals surface area contributed by atoms with Gasteiger partial charge < -0.3 is 13.7 Å². The summed E-state index contributed by atoms with van der Waals surface area (Å²) in [6.07, 6.45) is 0. The van der Waals surface area contributed by atoms with E-state index in [1.165, 1.54) is 10.8 Å². The van der Waals surface area contributed by atoms with Crippen molar-refractivity contribution in [1.29, 1.82) is 5.26 Å². The molecule has 0 saturated carbocycles. The molecule has 0 radical (unpaired) electrons. The third-order valence-electron chi connectivity index (χ3n) is 11.1. The fraction of sp³-hybridized carbons (Fsp3) is 0. The van der Waals surface area contributed by atoms with Crippen LogP contribution in [0.2, 0.25) is 0 Å². The summed E-state index contributed by atoms with van der Waals surface area (Å²) in [5.41, 5.74) is 12.5. The van der Waals surface area contributed by atoms with Gasteiger partial charge in [0.25, 0.3) is 0 Å². The molecule has 11 rings (SSSR count). The molecule has 0 fully saturated rings. The first kappa shape index (κ1) is 30.7. The first-order valence-corrected chi connectivity index (χ1v) is 18.3. The summed E-state index contributed by atoms with van der Waals surface area (Å²) < 4.78 is 6.82. The Bertz CT molecular complexity index is 3420. The molecule has 0 unspecified atom stereocenters. The zero-order valence-corrected chi connectivity index (χ0v) is 29.5. The molecule has 11 aromatic rings. The van der Waals surface area contributed by atoms with Gasteiger partial charge in [-0.15, -0.1) is 0 Å². The molecule has 3 heterocycles. The van der Waals surface area contributed by atoms with E-state index in [0.717, 1.165) is 82.8 Å². The number of nitriles is 1. The van der Waals surface area contributed by atoms with Crippen LogP contribution in [0, 0.1) is 17.9 Å². The number of hydrogen-bond donors (Lipinski definition) is 0. The fourth-order valence-corrected chi connectivity index (χ4v) is 8.69. The normalized spacial score (nSPS) is 11.6. The predicted molar refractivity (Wildman–Crippen MR) is 226 cm³/mol. The van der Waals surface area contributed by atoms with Crippen LogP contribution in [0.15, 0.2) is 176 Å². The Labute approximate surface area is 316 Å². The molecule has 0 spiro atoms. The van der Waals surface area contributed by atoms with Crippen LogP contribution in [0.4, 0.5) is 5.69 Å². The smallest absolute Gasteiger partial charge is 0.189 e. The van der Waals surface area contributed by atoms with Crippen LogP contribution >= 0.6 is 0 Å². The maximum atomic E-state index is 10.8. The van der Waals surface area contributed by atoms with Crippen molar-refractivity contribution in [2.75, 3.05) is 0 Å². The van der Waals surface area contributed by atoms with E-state index >= 15 is 0 Å². The second kappa shape index (κ2) is 11.8. The first-order valence-electron chi connectivity index (χ1n) is 18.3. The summed E-state index contributed by atoms with van der Waals surface area (Å²) in [6.45, 7) is 7.66. The lowest BCUT2D eigenvalue weighted by Crippen LogP contribution is -2.00. The number of fused-ring (bicyclic) bond motifs is 9. The minimum atomic E-state index is 0.589. The van der Waals surface area contributed by atoms with Gasteiger partial charge in [-0.3, -0.25) is 0 Å². The highest BCUT2D eigenvalue weighted by Gasteiger charge is 2.19.